The molecule has 1 rings (SSSR count). The van der Waals surface area contributed by atoms with Crippen LogP contribution < -0.4 is 5.32 Å². The van der Waals surface area contributed by atoms with E-state index in [0.717, 1.165) is 6.07 Å². The molecule has 0 unspecified atom stereocenters. The fourth-order valence-corrected chi connectivity index (χ4v) is 1.33. The molecule has 17 heavy (non-hydrogen) atoms. The van der Waals surface area contributed by atoms with Crippen molar-refractivity contribution < 1.29 is 9.72 Å². The molecule has 0 aliphatic rings. The number of halogens is 1. The summed E-state index contributed by atoms with van der Waals surface area (Å²) < 4.78 is 0. The van der Waals surface area contributed by atoms with E-state index < -0.39 is 10.8 Å². The number of nitro groups is 1. The summed E-state index contributed by atoms with van der Waals surface area (Å²) in [7, 11) is 0. The topological polar surface area (TPSA) is 96.0 Å². The van der Waals surface area contributed by atoms with Crippen molar-refractivity contribution in [3.63, 3.8) is 0 Å². The minimum atomic E-state index is -0.656. The van der Waals surface area contributed by atoms with Gasteiger partial charge < -0.3 is 5.32 Å². The molecule has 0 heterocycles. The third-order valence-corrected chi connectivity index (χ3v) is 2.11. The largest absolute Gasteiger partial charge is 0.320 e. The Hall–Kier alpha value is -2.13. The van der Waals surface area contributed by atoms with E-state index in [1.54, 1.807) is 6.07 Å². The lowest BCUT2D eigenvalue weighted by Gasteiger charge is -2.04. The number of carbonyl (C=O) groups is 1. The SMILES string of the molecule is N#Cc1ccc(NC(=O)CCCl)c([N+](=O)[O-])c1. The van der Waals surface area contributed by atoms with Crippen LogP contribution in [0, 0.1) is 21.4 Å². The minimum Gasteiger partial charge on any atom is -0.320 e. The number of nitrogens with zero attached hydrogens (tertiary/aromatic N) is 2. The Balaban J connectivity index is 3.03. The molecule has 1 aromatic rings. The van der Waals surface area contributed by atoms with Crippen molar-refractivity contribution >= 4 is 28.9 Å². The van der Waals surface area contributed by atoms with Gasteiger partial charge in [0.2, 0.25) is 5.91 Å². The zero-order chi connectivity index (χ0) is 12.8. The number of nitriles is 1. The Labute approximate surface area is 102 Å². The Kier molecular flexibility index (Phi) is 4.43. The van der Waals surface area contributed by atoms with Crippen LogP contribution in [-0.2, 0) is 4.79 Å². The maximum Gasteiger partial charge on any atom is 0.294 e. The monoisotopic (exact) mass is 253 g/mol. The first-order valence-corrected chi connectivity index (χ1v) is 5.16. The second kappa shape index (κ2) is 5.82. The Morgan fingerprint density at radius 2 is 2.29 bits per heavy atom. The van der Waals surface area contributed by atoms with Crippen LogP contribution in [0.15, 0.2) is 18.2 Å². The number of hydrogen-bond donors (Lipinski definition) is 1. The number of benzene rings is 1. The van der Waals surface area contributed by atoms with Gasteiger partial charge >= 0.3 is 0 Å². The molecule has 0 saturated carbocycles. The number of nitrogens with one attached hydrogen (secondary N) is 1. The zero-order valence-corrected chi connectivity index (χ0v) is 9.40. The van der Waals surface area contributed by atoms with Crippen LogP contribution in [0.5, 0.6) is 0 Å². The molecule has 88 valence electrons. The normalized spacial score (nSPS) is 9.41. The van der Waals surface area contributed by atoms with Gasteiger partial charge in [-0.2, -0.15) is 5.26 Å². The molecule has 1 amide bonds. The lowest BCUT2D eigenvalue weighted by molar-refractivity contribution is -0.383. The fourth-order valence-electron chi connectivity index (χ4n) is 1.16. The van der Waals surface area contributed by atoms with Gasteiger partial charge in [0, 0.05) is 18.4 Å². The molecule has 1 N–H and O–H groups in total. The number of alkyl halides is 1. The van der Waals surface area contributed by atoms with Gasteiger partial charge in [0.1, 0.15) is 5.69 Å². The molecule has 0 atom stereocenters. The number of amides is 1. The van der Waals surface area contributed by atoms with Crippen molar-refractivity contribution in [1.29, 1.82) is 5.26 Å². The Morgan fingerprint density at radius 3 is 2.82 bits per heavy atom. The summed E-state index contributed by atoms with van der Waals surface area (Å²) in [5.74, 6) is -0.275. The predicted molar refractivity (Wildman–Crippen MR) is 61.8 cm³/mol. The summed E-state index contributed by atoms with van der Waals surface area (Å²) >= 11 is 5.37. The Bertz CT molecular complexity index is 496. The van der Waals surface area contributed by atoms with E-state index >= 15 is 0 Å². The predicted octanol–water partition coefficient (Wildman–Crippen LogP) is 2.03. The number of nitro benzene ring substituents is 1. The van der Waals surface area contributed by atoms with E-state index in [-0.39, 0.29) is 29.2 Å². The van der Waals surface area contributed by atoms with E-state index in [2.05, 4.69) is 5.32 Å². The van der Waals surface area contributed by atoms with E-state index in [1.807, 2.05) is 0 Å². The average molecular weight is 254 g/mol. The summed E-state index contributed by atoms with van der Waals surface area (Å²) in [5.41, 5.74) is -0.0943. The van der Waals surface area contributed by atoms with E-state index in [9.17, 15) is 14.9 Å². The maximum atomic E-state index is 11.3. The van der Waals surface area contributed by atoms with Gasteiger partial charge in [0.15, 0.2) is 0 Å². The lowest BCUT2D eigenvalue weighted by atomic mass is 10.2. The van der Waals surface area contributed by atoms with E-state index in [1.165, 1.54) is 12.1 Å². The molecule has 7 heteroatoms. The molecule has 0 bridgehead atoms. The number of hydrogen-bond acceptors (Lipinski definition) is 4. The van der Waals surface area contributed by atoms with Gasteiger partial charge in [-0.15, -0.1) is 11.6 Å². The van der Waals surface area contributed by atoms with Crippen molar-refractivity contribution in [2.24, 2.45) is 0 Å². The summed E-state index contributed by atoms with van der Waals surface area (Å²) in [6.07, 6.45) is 0.0682. The smallest absolute Gasteiger partial charge is 0.294 e. The second-order valence-corrected chi connectivity index (χ2v) is 3.47. The summed E-state index contributed by atoms with van der Waals surface area (Å²) in [6.45, 7) is 0. The van der Waals surface area contributed by atoms with Crippen molar-refractivity contribution in [2.75, 3.05) is 11.2 Å². The van der Waals surface area contributed by atoms with Crippen LogP contribution >= 0.6 is 11.6 Å². The van der Waals surface area contributed by atoms with Gasteiger partial charge in [-0.3, -0.25) is 14.9 Å². The standard InChI is InChI=1S/C10H8ClN3O3/c11-4-3-10(15)13-8-2-1-7(6-12)5-9(8)14(16)17/h1-2,5H,3-4H2,(H,13,15). The van der Waals surface area contributed by atoms with Crippen molar-refractivity contribution in [1.82, 2.24) is 0 Å². The first kappa shape index (κ1) is 12.9. The first-order chi connectivity index (χ1) is 8.08. The third kappa shape index (κ3) is 3.43. The summed E-state index contributed by atoms with van der Waals surface area (Å²) in [6, 6.07) is 5.61. The molecule has 0 spiro atoms. The fraction of sp³-hybridized carbons (Fsp3) is 0.200. The summed E-state index contributed by atoms with van der Waals surface area (Å²) in [4.78, 5) is 21.4. The van der Waals surface area contributed by atoms with Crippen LogP contribution in [0.3, 0.4) is 0 Å². The van der Waals surface area contributed by atoms with Crippen LogP contribution in [0.25, 0.3) is 0 Å². The van der Waals surface area contributed by atoms with Gasteiger partial charge in [0.25, 0.3) is 5.69 Å². The van der Waals surface area contributed by atoms with Crippen molar-refractivity contribution in [3.8, 4) is 6.07 Å². The van der Waals surface area contributed by atoms with Crippen LogP contribution in [0.2, 0.25) is 0 Å². The highest BCUT2D eigenvalue weighted by atomic mass is 35.5. The van der Waals surface area contributed by atoms with Gasteiger partial charge in [-0.05, 0) is 12.1 Å². The van der Waals surface area contributed by atoms with Gasteiger partial charge in [-0.25, -0.2) is 0 Å². The van der Waals surface area contributed by atoms with Crippen molar-refractivity contribution in [3.05, 3.63) is 33.9 Å². The molecule has 0 radical (unpaired) electrons. The number of carbonyl (C=O) groups excluding carboxylic acids is 1. The van der Waals surface area contributed by atoms with Gasteiger partial charge in [-0.1, -0.05) is 0 Å². The maximum absolute atomic E-state index is 11.3. The highest BCUT2D eigenvalue weighted by molar-refractivity contribution is 6.19. The Morgan fingerprint density at radius 1 is 1.59 bits per heavy atom. The highest BCUT2D eigenvalue weighted by Crippen LogP contribution is 2.25. The van der Waals surface area contributed by atoms with Crippen LogP contribution in [0.4, 0.5) is 11.4 Å². The molecule has 0 saturated heterocycles. The van der Waals surface area contributed by atoms with Crippen LogP contribution in [-0.4, -0.2) is 16.7 Å². The second-order valence-electron chi connectivity index (χ2n) is 3.09. The molecule has 0 aromatic heterocycles. The van der Waals surface area contributed by atoms with Crippen molar-refractivity contribution in [2.45, 2.75) is 6.42 Å². The quantitative estimate of drug-likeness (QED) is 0.504. The number of anilines is 1. The summed E-state index contributed by atoms with van der Waals surface area (Å²) in [5, 5.41) is 21.7. The lowest BCUT2D eigenvalue weighted by Crippen LogP contribution is -2.13. The zero-order valence-electron chi connectivity index (χ0n) is 8.64. The number of rotatable bonds is 4. The van der Waals surface area contributed by atoms with Gasteiger partial charge in [0.05, 0.1) is 16.6 Å². The van der Waals surface area contributed by atoms with E-state index in [4.69, 9.17) is 16.9 Å². The molecule has 6 nitrogen and oxygen atoms in total. The highest BCUT2D eigenvalue weighted by Gasteiger charge is 2.16. The molecule has 0 aliphatic heterocycles. The molecule has 0 fully saturated rings. The minimum absolute atomic E-state index is 0.0594. The molecular formula is C10H8ClN3O3. The average Bonchev–Trinajstić information content (AvgIpc) is 2.29. The molecular weight excluding hydrogens is 246 g/mol. The molecule has 1 aromatic carbocycles. The van der Waals surface area contributed by atoms with Crippen LogP contribution in [0.1, 0.15) is 12.0 Å². The third-order valence-electron chi connectivity index (χ3n) is 1.92. The first-order valence-electron chi connectivity index (χ1n) is 4.63. The van der Waals surface area contributed by atoms with E-state index in [0.29, 0.717) is 0 Å². The molecule has 0 aliphatic carbocycles.